The molecule has 0 spiro atoms. The first-order valence-corrected chi connectivity index (χ1v) is 17.1. The molecule has 1 fully saturated rings. The molecule has 0 saturated heterocycles. The third kappa shape index (κ3) is 5.90. The highest BCUT2D eigenvalue weighted by Gasteiger charge is 2.52. The molecule has 1 rings (SSSR count). The molecule has 184 valence electrons. The molecule has 0 radical (unpaired) electrons. The van der Waals surface area contributed by atoms with Crippen LogP contribution in [0.2, 0.25) is 34.8 Å². The first-order chi connectivity index (χ1) is 13.9. The van der Waals surface area contributed by atoms with E-state index >= 15 is 0 Å². The quantitative estimate of drug-likeness (QED) is 0.349. The predicted molar refractivity (Wildman–Crippen MR) is 134 cm³/mol. The van der Waals surface area contributed by atoms with E-state index in [1.807, 2.05) is 6.92 Å². The number of aliphatic hydroxyl groups excluding tert-OH is 1. The van der Waals surface area contributed by atoms with E-state index in [2.05, 4.69) is 75.4 Å². The normalized spacial score (nSPS) is 29.2. The number of hydrogen-bond acceptors (Lipinski definition) is 5. The Morgan fingerprint density at radius 2 is 1.42 bits per heavy atom. The maximum absolute atomic E-state index is 13.3. The number of methoxy groups -OCH3 is 1. The topological polar surface area (TPSA) is 65.0 Å². The van der Waals surface area contributed by atoms with E-state index < -0.39 is 34.9 Å². The first-order valence-electron chi connectivity index (χ1n) is 12.0. The molecule has 0 aromatic carbocycles. The van der Waals surface area contributed by atoms with Gasteiger partial charge in [0.1, 0.15) is 12.2 Å². The van der Waals surface area contributed by atoms with Gasteiger partial charge < -0.3 is 18.7 Å². The van der Waals surface area contributed by atoms with Gasteiger partial charge in [-0.2, -0.15) is 0 Å². The van der Waals surface area contributed by atoms with Gasteiger partial charge in [-0.1, -0.05) is 69.2 Å². The van der Waals surface area contributed by atoms with Crippen molar-refractivity contribution in [2.45, 2.75) is 135 Å². The summed E-state index contributed by atoms with van der Waals surface area (Å²) in [4.78, 5) is 13.3. The van der Waals surface area contributed by atoms with Gasteiger partial charge in [-0.15, -0.1) is 0 Å². The number of ketones is 1. The Morgan fingerprint density at radius 3 is 1.77 bits per heavy atom. The minimum atomic E-state index is -2.21. The number of hydrogen-bond donors (Lipinski definition) is 1. The maximum Gasteiger partial charge on any atom is 0.200 e. The van der Waals surface area contributed by atoms with Crippen molar-refractivity contribution in [1.82, 2.24) is 0 Å². The number of Topliss-reactive ketones (excluding diaryl/α,β-unsaturated/α-hetero) is 1. The minimum absolute atomic E-state index is 0.0283. The molecular formula is C24H50O5Si2. The molecule has 0 aromatic rings. The Kier molecular flexibility index (Phi) is 9.79. The summed E-state index contributed by atoms with van der Waals surface area (Å²) in [7, 11) is -2.82. The highest BCUT2D eigenvalue weighted by molar-refractivity contribution is 6.77. The van der Waals surface area contributed by atoms with Crippen LogP contribution < -0.4 is 0 Å². The largest absolute Gasteiger partial charge is 0.413 e. The van der Waals surface area contributed by atoms with Gasteiger partial charge in [-0.3, -0.25) is 4.79 Å². The lowest BCUT2D eigenvalue weighted by Gasteiger charge is -2.46. The number of carbonyl (C=O) groups excluding carboxylic acids is 1. The average Bonchev–Trinajstić information content (AvgIpc) is 2.68. The molecule has 0 unspecified atom stereocenters. The summed E-state index contributed by atoms with van der Waals surface area (Å²) in [6, 6.07) is 0. The Hall–Kier alpha value is -0.0562. The van der Waals surface area contributed by atoms with Crippen LogP contribution in [0.25, 0.3) is 0 Å². The summed E-state index contributed by atoms with van der Waals surface area (Å²) >= 11 is 0. The SMILES string of the molecule is CO[C@@H]1[C@@H](C)[C@@H](O[Si](C(C)C)(C(C)C)C(C)C)C[C@H](O[Si](C)(C)C(C)(C)C)C(=O)[C@@H]1O. The van der Waals surface area contributed by atoms with Gasteiger partial charge >= 0.3 is 0 Å². The molecule has 0 amide bonds. The van der Waals surface area contributed by atoms with Gasteiger partial charge in [0.15, 0.2) is 14.1 Å². The summed E-state index contributed by atoms with van der Waals surface area (Å²) in [6.45, 7) is 26.5. The van der Waals surface area contributed by atoms with Crippen molar-refractivity contribution in [3.63, 3.8) is 0 Å². The van der Waals surface area contributed by atoms with Crippen LogP contribution in [0.4, 0.5) is 0 Å². The van der Waals surface area contributed by atoms with E-state index in [0.29, 0.717) is 23.0 Å². The molecule has 31 heavy (non-hydrogen) atoms. The van der Waals surface area contributed by atoms with Crippen LogP contribution in [0.15, 0.2) is 0 Å². The van der Waals surface area contributed by atoms with Gasteiger partial charge in [0.25, 0.3) is 0 Å². The Balaban J connectivity index is 3.44. The van der Waals surface area contributed by atoms with Crippen LogP contribution in [0.5, 0.6) is 0 Å². The van der Waals surface area contributed by atoms with E-state index in [-0.39, 0.29) is 22.8 Å². The average molecular weight is 475 g/mol. The van der Waals surface area contributed by atoms with Crippen molar-refractivity contribution in [1.29, 1.82) is 0 Å². The van der Waals surface area contributed by atoms with Crippen molar-refractivity contribution in [2.75, 3.05) is 7.11 Å². The predicted octanol–water partition coefficient (Wildman–Crippen LogP) is 5.92. The van der Waals surface area contributed by atoms with Crippen LogP contribution in [0.1, 0.15) is 75.7 Å². The number of rotatable bonds is 8. The minimum Gasteiger partial charge on any atom is -0.413 e. The molecule has 0 bridgehead atoms. The smallest absolute Gasteiger partial charge is 0.200 e. The number of aliphatic hydroxyl groups is 1. The summed E-state index contributed by atoms with van der Waals surface area (Å²) in [5.41, 5.74) is 1.30. The van der Waals surface area contributed by atoms with Gasteiger partial charge in [0.05, 0.1) is 12.2 Å². The third-order valence-corrected chi connectivity index (χ3v) is 18.7. The molecule has 5 nitrogen and oxygen atoms in total. The first kappa shape index (κ1) is 29.0. The van der Waals surface area contributed by atoms with Crippen molar-refractivity contribution in [3.8, 4) is 0 Å². The highest BCUT2D eigenvalue weighted by Crippen LogP contribution is 2.46. The van der Waals surface area contributed by atoms with E-state index in [9.17, 15) is 9.90 Å². The standard InChI is InChI=1S/C24H50O5Si2/c1-15(2)31(16(3)4,17(5)6)29-19-14-20(28-30(12,13)24(8,9)10)21(25)22(26)23(27-11)18(19)7/h15-20,22-23,26H,14H2,1-13H3/t18-,19-,20-,22-,23+/m0/s1. The molecular weight excluding hydrogens is 424 g/mol. The monoisotopic (exact) mass is 474 g/mol. The fraction of sp³-hybridized carbons (Fsp3) is 0.958. The summed E-state index contributed by atoms with van der Waals surface area (Å²) in [5, 5.41) is 10.9. The van der Waals surface area contributed by atoms with Gasteiger partial charge in [0.2, 0.25) is 8.32 Å². The fourth-order valence-corrected chi connectivity index (χ4v) is 12.1. The second kappa shape index (κ2) is 10.5. The van der Waals surface area contributed by atoms with Gasteiger partial charge in [-0.25, -0.2) is 0 Å². The fourth-order valence-electron chi connectivity index (χ4n) is 5.20. The molecule has 0 heterocycles. The van der Waals surface area contributed by atoms with Crippen molar-refractivity contribution in [3.05, 3.63) is 0 Å². The Bertz CT molecular complexity index is 575. The summed E-state index contributed by atoms with van der Waals surface area (Å²) in [6.07, 6.45) is -2.17. The van der Waals surface area contributed by atoms with E-state index in [0.717, 1.165) is 0 Å². The van der Waals surface area contributed by atoms with Crippen molar-refractivity contribution >= 4 is 22.4 Å². The number of carbonyl (C=O) groups is 1. The lowest BCUT2D eigenvalue weighted by molar-refractivity contribution is -0.142. The molecule has 0 aromatic heterocycles. The third-order valence-electron chi connectivity index (χ3n) is 8.05. The summed E-state index contributed by atoms with van der Waals surface area (Å²) < 4.78 is 19.4. The second-order valence-electron chi connectivity index (χ2n) is 12.0. The zero-order chi connectivity index (χ0) is 24.5. The van der Waals surface area contributed by atoms with E-state index in [1.165, 1.54) is 0 Å². The maximum atomic E-state index is 13.3. The second-order valence-corrected chi connectivity index (χ2v) is 22.1. The van der Waals surface area contributed by atoms with Crippen LogP contribution in [-0.4, -0.2) is 59.1 Å². The lowest BCUT2D eigenvalue weighted by Crippen LogP contribution is -2.53. The molecule has 5 atom stereocenters. The molecule has 1 N–H and O–H groups in total. The van der Waals surface area contributed by atoms with E-state index in [1.54, 1.807) is 7.11 Å². The zero-order valence-corrected chi connectivity index (χ0v) is 24.4. The molecule has 1 aliphatic rings. The van der Waals surface area contributed by atoms with Crippen LogP contribution in [0.3, 0.4) is 0 Å². The van der Waals surface area contributed by atoms with E-state index in [4.69, 9.17) is 13.6 Å². The van der Waals surface area contributed by atoms with Crippen LogP contribution in [0, 0.1) is 5.92 Å². The van der Waals surface area contributed by atoms with Crippen LogP contribution in [-0.2, 0) is 18.4 Å². The molecule has 7 heteroatoms. The van der Waals surface area contributed by atoms with Gasteiger partial charge in [-0.05, 0) is 34.8 Å². The summed E-state index contributed by atoms with van der Waals surface area (Å²) in [5.74, 6) is -0.374. The van der Waals surface area contributed by atoms with Crippen molar-refractivity contribution < 1.29 is 23.5 Å². The zero-order valence-electron chi connectivity index (χ0n) is 22.4. The Labute approximate surface area is 193 Å². The molecule has 1 saturated carbocycles. The lowest BCUT2D eigenvalue weighted by atomic mass is 9.95. The molecule has 0 aliphatic heterocycles. The van der Waals surface area contributed by atoms with Crippen LogP contribution >= 0.6 is 0 Å². The molecule has 1 aliphatic carbocycles. The number of ether oxygens (including phenoxy) is 1. The highest BCUT2D eigenvalue weighted by atomic mass is 28.4. The van der Waals surface area contributed by atoms with Crippen molar-refractivity contribution in [2.24, 2.45) is 5.92 Å². The van der Waals surface area contributed by atoms with Gasteiger partial charge in [0, 0.05) is 19.4 Å². The Morgan fingerprint density at radius 1 is 0.968 bits per heavy atom.